The molecular weight excluding hydrogens is 234 g/mol. The largest absolute Gasteiger partial charge is 0.468 e. The van der Waals surface area contributed by atoms with Gasteiger partial charge in [0.15, 0.2) is 0 Å². The molecule has 0 bridgehead atoms. The van der Waals surface area contributed by atoms with E-state index in [1.165, 1.54) is 7.11 Å². The number of methoxy groups -OCH3 is 1. The van der Waals surface area contributed by atoms with Gasteiger partial charge in [-0.05, 0) is 20.3 Å². The maximum atomic E-state index is 11.9. The highest BCUT2D eigenvalue weighted by atomic mass is 32.2. The highest BCUT2D eigenvalue weighted by Gasteiger charge is 2.34. The Kier molecular flexibility index (Phi) is 5.80. The van der Waals surface area contributed by atoms with Gasteiger partial charge in [-0.25, -0.2) is 0 Å². The fraction of sp³-hybridized carbons (Fsp3) is 0.923. The zero-order chi connectivity index (χ0) is 12.9. The van der Waals surface area contributed by atoms with Crippen LogP contribution in [0.2, 0.25) is 0 Å². The number of carbonyl (C=O) groups excluding carboxylic acids is 1. The lowest BCUT2D eigenvalue weighted by atomic mass is 10.1. The van der Waals surface area contributed by atoms with Gasteiger partial charge < -0.3 is 4.74 Å². The summed E-state index contributed by atoms with van der Waals surface area (Å²) < 4.78 is 5.19. The monoisotopic (exact) mass is 259 g/mol. The number of rotatable bonds is 5. The van der Waals surface area contributed by atoms with E-state index in [0.29, 0.717) is 0 Å². The second-order valence-electron chi connectivity index (χ2n) is 5.26. The number of hydrogen-bond acceptors (Lipinski definition) is 4. The molecule has 1 aliphatic rings. The normalized spacial score (nSPS) is 22.1. The van der Waals surface area contributed by atoms with Gasteiger partial charge in [0, 0.05) is 23.6 Å². The van der Waals surface area contributed by atoms with Crippen molar-refractivity contribution in [2.45, 2.75) is 50.8 Å². The van der Waals surface area contributed by atoms with E-state index in [1.54, 1.807) is 0 Å². The Morgan fingerprint density at radius 2 is 2.24 bits per heavy atom. The van der Waals surface area contributed by atoms with Crippen LogP contribution in [-0.2, 0) is 9.53 Å². The van der Waals surface area contributed by atoms with Gasteiger partial charge in [-0.1, -0.05) is 19.8 Å². The van der Waals surface area contributed by atoms with Crippen molar-refractivity contribution in [3.63, 3.8) is 0 Å². The van der Waals surface area contributed by atoms with Crippen LogP contribution in [-0.4, -0.2) is 47.6 Å². The van der Waals surface area contributed by atoms with Gasteiger partial charge in [0.05, 0.1) is 7.11 Å². The minimum Gasteiger partial charge on any atom is -0.468 e. The lowest BCUT2D eigenvalue weighted by Crippen LogP contribution is -2.51. The van der Waals surface area contributed by atoms with Crippen LogP contribution in [0.4, 0.5) is 0 Å². The van der Waals surface area contributed by atoms with Gasteiger partial charge in [-0.15, -0.1) is 0 Å². The molecule has 4 heteroatoms. The second kappa shape index (κ2) is 6.64. The van der Waals surface area contributed by atoms with Crippen molar-refractivity contribution in [1.82, 2.24) is 4.90 Å². The molecule has 1 saturated heterocycles. The SMILES string of the molecule is CCCCC(C(=O)OC)N1CCSC(C)(C)C1. The average Bonchev–Trinajstić information content (AvgIpc) is 2.28. The summed E-state index contributed by atoms with van der Waals surface area (Å²) in [5, 5.41) is 0. The maximum absolute atomic E-state index is 11.9. The van der Waals surface area contributed by atoms with Crippen molar-refractivity contribution in [2.24, 2.45) is 0 Å². The number of nitrogens with zero attached hydrogens (tertiary/aromatic N) is 1. The molecule has 0 saturated carbocycles. The van der Waals surface area contributed by atoms with Crippen LogP contribution in [0.3, 0.4) is 0 Å². The molecule has 17 heavy (non-hydrogen) atoms. The molecule has 0 aromatic carbocycles. The summed E-state index contributed by atoms with van der Waals surface area (Å²) in [7, 11) is 1.49. The fourth-order valence-corrected chi connectivity index (χ4v) is 3.44. The van der Waals surface area contributed by atoms with Crippen molar-refractivity contribution < 1.29 is 9.53 Å². The van der Waals surface area contributed by atoms with E-state index in [4.69, 9.17) is 4.74 Å². The van der Waals surface area contributed by atoms with Crippen molar-refractivity contribution in [2.75, 3.05) is 26.0 Å². The first-order chi connectivity index (χ1) is 8.00. The summed E-state index contributed by atoms with van der Waals surface area (Å²) in [6, 6.07) is -0.0416. The Labute approximate surface area is 109 Å². The standard InChI is InChI=1S/C13H25NO2S/c1-5-6-7-11(12(15)16-4)14-8-9-17-13(2,3)10-14/h11H,5-10H2,1-4H3. The number of unbranched alkanes of at least 4 members (excludes halogenated alkanes) is 1. The Hall–Kier alpha value is -0.220. The lowest BCUT2D eigenvalue weighted by Gasteiger charge is -2.40. The molecule has 0 spiro atoms. The van der Waals surface area contributed by atoms with Crippen molar-refractivity contribution in [1.29, 1.82) is 0 Å². The summed E-state index contributed by atoms with van der Waals surface area (Å²) in [5.74, 6) is 1.04. The summed E-state index contributed by atoms with van der Waals surface area (Å²) in [4.78, 5) is 14.2. The molecule has 1 aliphatic heterocycles. The summed E-state index contributed by atoms with van der Waals surface area (Å²) in [5.41, 5.74) is 0. The third kappa shape index (κ3) is 4.51. The molecule has 3 nitrogen and oxygen atoms in total. The predicted octanol–water partition coefficient (Wildman–Crippen LogP) is 2.55. The van der Waals surface area contributed by atoms with Gasteiger partial charge in [0.2, 0.25) is 0 Å². The molecule has 0 aromatic rings. The van der Waals surface area contributed by atoms with E-state index >= 15 is 0 Å². The van der Waals surface area contributed by atoms with Crippen LogP contribution < -0.4 is 0 Å². The minimum absolute atomic E-state index is 0.0416. The molecular formula is C13H25NO2S. The number of esters is 1. The molecule has 1 rings (SSSR count). The van der Waals surface area contributed by atoms with Gasteiger partial charge in [0.25, 0.3) is 0 Å². The van der Waals surface area contributed by atoms with Gasteiger partial charge in [0.1, 0.15) is 6.04 Å². The zero-order valence-electron chi connectivity index (χ0n) is 11.5. The van der Waals surface area contributed by atoms with Crippen molar-refractivity contribution in [3.8, 4) is 0 Å². The van der Waals surface area contributed by atoms with Crippen LogP contribution in [0.25, 0.3) is 0 Å². The molecule has 1 heterocycles. The van der Waals surface area contributed by atoms with E-state index in [2.05, 4.69) is 25.7 Å². The molecule has 0 amide bonds. The fourth-order valence-electron chi connectivity index (χ4n) is 2.30. The predicted molar refractivity (Wildman–Crippen MR) is 73.4 cm³/mol. The Morgan fingerprint density at radius 3 is 2.76 bits per heavy atom. The third-order valence-corrected chi connectivity index (χ3v) is 4.50. The Morgan fingerprint density at radius 1 is 1.53 bits per heavy atom. The van der Waals surface area contributed by atoms with Crippen LogP contribution in [0.15, 0.2) is 0 Å². The molecule has 0 N–H and O–H groups in total. The number of carbonyl (C=O) groups is 1. The molecule has 100 valence electrons. The highest BCUT2D eigenvalue weighted by Crippen LogP contribution is 2.31. The van der Waals surface area contributed by atoms with E-state index < -0.39 is 0 Å². The first-order valence-corrected chi connectivity index (χ1v) is 7.44. The molecule has 1 atom stereocenters. The molecule has 1 unspecified atom stereocenters. The minimum atomic E-state index is -0.0684. The number of ether oxygens (including phenoxy) is 1. The van der Waals surface area contributed by atoms with E-state index in [9.17, 15) is 4.79 Å². The Bertz CT molecular complexity index is 256. The molecule has 1 fully saturated rings. The third-order valence-electron chi connectivity index (χ3n) is 3.20. The van der Waals surface area contributed by atoms with Crippen molar-refractivity contribution in [3.05, 3.63) is 0 Å². The van der Waals surface area contributed by atoms with Crippen LogP contribution in [0, 0.1) is 0 Å². The molecule has 0 aromatic heterocycles. The Balaban J connectivity index is 2.64. The smallest absolute Gasteiger partial charge is 0.323 e. The summed E-state index contributed by atoms with van der Waals surface area (Å²) >= 11 is 1.99. The first-order valence-electron chi connectivity index (χ1n) is 6.46. The summed E-state index contributed by atoms with van der Waals surface area (Å²) in [6.07, 6.45) is 3.13. The average molecular weight is 259 g/mol. The van der Waals surface area contributed by atoms with E-state index in [-0.39, 0.29) is 16.8 Å². The van der Waals surface area contributed by atoms with Gasteiger partial charge in [-0.2, -0.15) is 11.8 Å². The van der Waals surface area contributed by atoms with Crippen LogP contribution >= 0.6 is 11.8 Å². The number of thioether (sulfide) groups is 1. The summed E-state index contributed by atoms with van der Waals surface area (Å²) in [6.45, 7) is 8.62. The van der Waals surface area contributed by atoms with Crippen molar-refractivity contribution >= 4 is 17.7 Å². The quantitative estimate of drug-likeness (QED) is 0.710. The zero-order valence-corrected chi connectivity index (χ0v) is 12.3. The second-order valence-corrected chi connectivity index (χ2v) is 7.06. The topological polar surface area (TPSA) is 29.5 Å². The molecule has 0 radical (unpaired) electrons. The molecule has 0 aliphatic carbocycles. The van der Waals surface area contributed by atoms with Gasteiger partial charge >= 0.3 is 5.97 Å². The van der Waals surface area contributed by atoms with E-state index in [1.807, 2.05) is 11.8 Å². The van der Waals surface area contributed by atoms with E-state index in [0.717, 1.165) is 38.1 Å². The number of hydrogen-bond donors (Lipinski definition) is 0. The maximum Gasteiger partial charge on any atom is 0.323 e. The van der Waals surface area contributed by atoms with Crippen LogP contribution in [0.5, 0.6) is 0 Å². The lowest BCUT2D eigenvalue weighted by molar-refractivity contribution is -0.147. The highest BCUT2D eigenvalue weighted by molar-refractivity contribution is 8.00. The first kappa shape index (κ1) is 14.8. The van der Waals surface area contributed by atoms with Crippen LogP contribution in [0.1, 0.15) is 40.0 Å². The van der Waals surface area contributed by atoms with Gasteiger partial charge in [-0.3, -0.25) is 9.69 Å².